The molecule has 1 aliphatic heterocycles. The Balaban J connectivity index is 2.10. The number of rotatable bonds is 2. The van der Waals surface area contributed by atoms with Crippen molar-refractivity contribution in [1.82, 2.24) is 0 Å². The third kappa shape index (κ3) is 2.29. The molecule has 5 nitrogen and oxygen atoms in total. The summed E-state index contributed by atoms with van der Waals surface area (Å²) < 4.78 is 0. The van der Waals surface area contributed by atoms with Crippen LogP contribution in [0, 0.1) is 11.3 Å². The molecule has 5 heteroatoms. The number of hydrogen-bond acceptors (Lipinski definition) is 4. The standard InChI is InChI=1S/C13H15N3O2/c14-9-10-2-1-3-11(8-10)16-6-4-13(15,5-7-16)12(17)18/h1-3,8H,4-7,15H2,(H,17,18). The minimum atomic E-state index is -1.11. The first-order chi connectivity index (χ1) is 8.55. The molecule has 0 aliphatic carbocycles. The molecule has 3 N–H and O–H groups in total. The lowest BCUT2D eigenvalue weighted by atomic mass is 9.88. The Morgan fingerprint density at radius 3 is 2.67 bits per heavy atom. The predicted octanol–water partition coefficient (Wildman–Crippen LogP) is 0.941. The van der Waals surface area contributed by atoms with E-state index >= 15 is 0 Å². The molecule has 1 aromatic carbocycles. The topological polar surface area (TPSA) is 90.4 Å². The molecular weight excluding hydrogens is 230 g/mol. The number of anilines is 1. The molecule has 1 aromatic rings. The minimum Gasteiger partial charge on any atom is -0.480 e. The van der Waals surface area contributed by atoms with Gasteiger partial charge in [-0.2, -0.15) is 5.26 Å². The summed E-state index contributed by atoms with van der Waals surface area (Å²) in [6, 6.07) is 9.40. The molecule has 1 saturated heterocycles. The number of carboxylic acids is 1. The number of carbonyl (C=O) groups is 1. The maximum Gasteiger partial charge on any atom is 0.323 e. The second-order valence-electron chi connectivity index (χ2n) is 4.61. The minimum absolute atomic E-state index is 0.416. The van der Waals surface area contributed by atoms with E-state index in [1.807, 2.05) is 18.2 Å². The van der Waals surface area contributed by atoms with Gasteiger partial charge in [-0.1, -0.05) is 6.07 Å². The van der Waals surface area contributed by atoms with Crippen LogP contribution in [0.3, 0.4) is 0 Å². The number of benzene rings is 1. The van der Waals surface area contributed by atoms with Crippen molar-refractivity contribution >= 4 is 11.7 Å². The van der Waals surface area contributed by atoms with Crippen molar-refractivity contribution in [3.8, 4) is 6.07 Å². The highest BCUT2D eigenvalue weighted by Gasteiger charge is 2.37. The predicted molar refractivity (Wildman–Crippen MR) is 67.2 cm³/mol. The van der Waals surface area contributed by atoms with E-state index in [2.05, 4.69) is 11.0 Å². The SMILES string of the molecule is N#Cc1cccc(N2CCC(N)(C(=O)O)CC2)c1. The van der Waals surface area contributed by atoms with Crippen molar-refractivity contribution < 1.29 is 9.90 Å². The van der Waals surface area contributed by atoms with Gasteiger partial charge in [-0.15, -0.1) is 0 Å². The fourth-order valence-electron chi connectivity index (χ4n) is 2.15. The molecule has 0 atom stereocenters. The molecule has 0 unspecified atom stereocenters. The summed E-state index contributed by atoms with van der Waals surface area (Å²) in [5.74, 6) is -0.937. The average Bonchev–Trinajstić information content (AvgIpc) is 2.39. The van der Waals surface area contributed by atoms with Gasteiger partial charge in [0.2, 0.25) is 0 Å². The fraction of sp³-hybridized carbons (Fsp3) is 0.385. The number of nitriles is 1. The average molecular weight is 245 g/mol. The van der Waals surface area contributed by atoms with Crippen LogP contribution >= 0.6 is 0 Å². The summed E-state index contributed by atoms with van der Waals surface area (Å²) in [5.41, 5.74) is 6.26. The van der Waals surface area contributed by atoms with Gasteiger partial charge in [-0.05, 0) is 31.0 Å². The van der Waals surface area contributed by atoms with Crippen molar-refractivity contribution in [3.05, 3.63) is 29.8 Å². The number of nitrogens with two attached hydrogens (primary N) is 1. The van der Waals surface area contributed by atoms with Crippen LogP contribution in [0.15, 0.2) is 24.3 Å². The van der Waals surface area contributed by atoms with Gasteiger partial charge in [0.05, 0.1) is 11.6 Å². The van der Waals surface area contributed by atoms with Crippen molar-refractivity contribution in [2.75, 3.05) is 18.0 Å². The third-order valence-electron chi connectivity index (χ3n) is 3.42. The monoisotopic (exact) mass is 245 g/mol. The quantitative estimate of drug-likeness (QED) is 0.809. The third-order valence-corrected chi connectivity index (χ3v) is 3.42. The van der Waals surface area contributed by atoms with E-state index in [1.54, 1.807) is 6.07 Å². The lowest BCUT2D eigenvalue weighted by Gasteiger charge is -2.37. The molecular formula is C13H15N3O2. The van der Waals surface area contributed by atoms with Crippen LogP contribution in [-0.4, -0.2) is 29.7 Å². The Labute approximate surface area is 105 Å². The first kappa shape index (κ1) is 12.4. The zero-order valence-corrected chi connectivity index (χ0v) is 9.97. The second kappa shape index (κ2) is 4.67. The molecule has 1 aliphatic rings. The Kier molecular flexibility index (Phi) is 3.21. The Morgan fingerprint density at radius 1 is 1.44 bits per heavy atom. The van der Waals surface area contributed by atoms with Gasteiger partial charge in [-0.3, -0.25) is 4.79 Å². The van der Waals surface area contributed by atoms with E-state index in [-0.39, 0.29) is 0 Å². The van der Waals surface area contributed by atoms with Gasteiger partial charge in [0, 0.05) is 18.8 Å². The van der Waals surface area contributed by atoms with Gasteiger partial charge >= 0.3 is 5.97 Å². The van der Waals surface area contributed by atoms with Crippen LogP contribution in [0.5, 0.6) is 0 Å². The molecule has 0 aromatic heterocycles. The number of piperidine rings is 1. The van der Waals surface area contributed by atoms with Crippen LogP contribution in [0.2, 0.25) is 0 Å². The first-order valence-corrected chi connectivity index (χ1v) is 5.82. The molecule has 94 valence electrons. The van der Waals surface area contributed by atoms with Crippen molar-refractivity contribution in [1.29, 1.82) is 5.26 Å². The van der Waals surface area contributed by atoms with Crippen LogP contribution in [0.4, 0.5) is 5.69 Å². The summed E-state index contributed by atoms with van der Waals surface area (Å²) >= 11 is 0. The van der Waals surface area contributed by atoms with Gasteiger partial charge < -0.3 is 15.7 Å². The lowest BCUT2D eigenvalue weighted by molar-refractivity contribution is -0.144. The largest absolute Gasteiger partial charge is 0.480 e. The van der Waals surface area contributed by atoms with E-state index in [0.29, 0.717) is 31.5 Å². The molecule has 1 fully saturated rings. The van der Waals surface area contributed by atoms with E-state index in [0.717, 1.165) is 5.69 Å². The van der Waals surface area contributed by atoms with E-state index < -0.39 is 11.5 Å². The zero-order chi connectivity index (χ0) is 13.2. The van der Waals surface area contributed by atoms with Gasteiger partial charge in [-0.25, -0.2) is 0 Å². The second-order valence-corrected chi connectivity index (χ2v) is 4.61. The lowest BCUT2D eigenvalue weighted by Crippen LogP contribution is -2.55. The Morgan fingerprint density at radius 2 is 2.11 bits per heavy atom. The molecule has 2 rings (SSSR count). The summed E-state index contributed by atoms with van der Waals surface area (Å²) in [7, 11) is 0. The number of aliphatic carboxylic acids is 1. The van der Waals surface area contributed by atoms with Crippen molar-refractivity contribution in [2.24, 2.45) is 5.73 Å². The molecule has 0 radical (unpaired) electrons. The van der Waals surface area contributed by atoms with E-state index in [9.17, 15) is 4.79 Å². The van der Waals surface area contributed by atoms with Crippen LogP contribution < -0.4 is 10.6 Å². The summed E-state index contributed by atoms with van der Waals surface area (Å²) in [6.07, 6.45) is 0.832. The molecule has 0 spiro atoms. The summed E-state index contributed by atoms with van der Waals surface area (Å²) in [5, 5.41) is 17.9. The molecule has 0 amide bonds. The number of nitrogens with zero attached hydrogens (tertiary/aromatic N) is 2. The highest BCUT2D eigenvalue weighted by Crippen LogP contribution is 2.25. The van der Waals surface area contributed by atoms with Gasteiger partial charge in [0.25, 0.3) is 0 Å². The maximum absolute atomic E-state index is 11.0. The highest BCUT2D eigenvalue weighted by atomic mass is 16.4. The van der Waals surface area contributed by atoms with Crippen LogP contribution in [0.25, 0.3) is 0 Å². The molecule has 18 heavy (non-hydrogen) atoms. The summed E-state index contributed by atoms with van der Waals surface area (Å²) in [4.78, 5) is 13.1. The number of carboxylic acid groups (broad SMARTS) is 1. The maximum atomic E-state index is 11.0. The summed E-state index contributed by atoms with van der Waals surface area (Å²) in [6.45, 7) is 1.19. The van der Waals surface area contributed by atoms with E-state index in [4.69, 9.17) is 16.1 Å². The zero-order valence-electron chi connectivity index (χ0n) is 9.97. The highest BCUT2D eigenvalue weighted by molar-refractivity contribution is 5.79. The van der Waals surface area contributed by atoms with E-state index in [1.165, 1.54) is 0 Å². The van der Waals surface area contributed by atoms with Gasteiger partial charge in [0.15, 0.2) is 0 Å². The number of hydrogen-bond donors (Lipinski definition) is 2. The molecule has 0 saturated carbocycles. The van der Waals surface area contributed by atoms with Crippen molar-refractivity contribution in [2.45, 2.75) is 18.4 Å². The molecule has 1 heterocycles. The molecule has 0 bridgehead atoms. The smallest absolute Gasteiger partial charge is 0.323 e. The van der Waals surface area contributed by atoms with Crippen LogP contribution in [-0.2, 0) is 4.79 Å². The Hall–Kier alpha value is -2.06. The Bertz CT molecular complexity index is 499. The van der Waals surface area contributed by atoms with Crippen molar-refractivity contribution in [3.63, 3.8) is 0 Å². The fourth-order valence-corrected chi connectivity index (χ4v) is 2.15. The van der Waals surface area contributed by atoms with Gasteiger partial charge in [0.1, 0.15) is 5.54 Å². The first-order valence-electron chi connectivity index (χ1n) is 5.82. The normalized spacial score (nSPS) is 18.1. The van der Waals surface area contributed by atoms with Crippen LogP contribution in [0.1, 0.15) is 18.4 Å².